The Kier molecular flexibility index (Phi) is 4.99. The SMILES string of the molecule is CCC1CN(S(=O)(=O)Cc2ccccc2C#N)CCN1C. The summed E-state index contributed by atoms with van der Waals surface area (Å²) in [5.41, 5.74) is 1.01. The third-order valence-electron chi connectivity index (χ3n) is 4.08. The molecule has 1 heterocycles. The van der Waals surface area contributed by atoms with Crippen LogP contribution in [0.5, 0.6) is 0 Å². The van der Waals surface area contributed by atoms with Crippen molar-refractivity contribution in [1.82, 2.24) is 9.21 Å². The molecule has 0 N–H and O–H groups in total. The highest BCUT2D eigenvalue weighted by Crippen LogP contribution is 2.19. The Morgan fingerprint density at radius 2 is 2.05 bits per heavy atom. The van der Waals surface area contributed by atoms with Gasteiger partial charge in [0.2, 0.25) is 10.0 Å². The summed E-state index contributed by atoms with van der Waals surface area (Å²) >= 11 is 0. The van der Waals surface area contributed by atoms with Crippen molar-refractivity contribution in [2.24, 2.45) is 0 Å². The van der Waals surface area contributed by atoms with Crippen LogP contribution in [-0.4, -0.2) is 50.3 Å². The maximum absolute atomic E-state index is 12.6. The first-order chi connectivity index (χ1) is 9.97. The molecule has 0 aromatic heterocycles. The first kappa shape index (κ1) is 16.0. The fraction of sp³-hybridized carbons (Fsp3) is 0.533. The van der Waals surface area contributed by atoms with Crippen molar-refractivity contribution in [3.8, 4) is 6.07 Å². The van der Waals surface area contributed by atoms with Crippen LogP contribution in [0.2, 0.25) is 0 Å². The fourth-order valence-corrected chi connectivity index (χ4v) is 4.24. The minimum Gasteiger partial charge on any atom is -0.301 e. The van der Waals surface area contributed by atoms with E-state index in [1.165, 1.54) is 0 Å². The standard InChI is InChI=1S/C15H21N3O2S/c1-3-15-11-18(9-8-17(15)2)21(19,20)12-14-7-5-4-6-13(14)10-16/h4-7,15H,3,8-9,11-12H2,1-2H3. The molecule has 2 rings (SSSR count). The summed E-state index contributed by atoms with van der Waals surface area (Å²) in [6, 6.07) is 9.20. The van der Waals surface area contributed by atoms with Crippen molar-refractivity contribution in [1.29, 1.82) is 5.26 Å². The number of hydrogen-bond acceptors (Lipinski definition) is 4. The Bertz CT molecular complexity index is 637. The number of hydrogen-bond donors (Lipinski definition) is 0. The molecule has 114 valence electrons. The molecule has 1 unspecified atom stereocenters. The molecule has 6 heteroatoms. The van der Waals surface area contributed by atoms with Crippen molar-refractivity contribution in [3.63, 3.8) is 0 Å². The van der Waals surface area contributed by atoms with Gasteiger partial charge in [-0.3, -0.25) is 0 Å². The maximum Gasteiger partial charge on any atom is 0.218 e. The lowest BCUT2D eigenvalue weighted by atomic mass is 10.1. The Hall–Kier alpha value is -1.42. The second-order valence-electron chi connectivity index (χ2n) is 5.43. The molecular formula is C15H21N3O2S. The van der Waals surface area contributed by atoms with Gasteiger partial charge >= 0.3 is 0 Å². The zero-order valence-electron chi connectivity index (χ0n) is 12.5. The molecular weight excluding hydrogens is 286 g/mol. The summed E-state index contributed by atoms with van der Waals surface area (Å²) in [6.07, 6.45) is 0.928. The highest BCUT2D eigenvalue weighted by Gasteiger charge is 2.31. The normalized spacial score (nSPS) is 21.1. The summed E-state index contributed by atoms with van der Waals surface area (Å²) in [7, 11) is -1.35. The van der Waals surface area contributed by atoms with Crippen molar-refractivity contribution in [3.05, 3.63) is 35.4 Å². The molecule has 1 aliphatic rings. The van der Waals surface area contributed by atoms with Gasteiger partial charge in [-0.15, -0.1) is 0 Å². The summed E-state index contributed by atoms with van der Waals surface area (Å²) in [4.78, 5) is 2.20. The lowest BCUT2D eigenvalue weighted by Gasteiger charge is -2.38. The zero-order valence-corrected chi connectivity index (χ0v) is 13.3. The van der Waals surface area contributed by atoms with E-state index in [4.69, 9.17) is 5.26 Å². The van der Waals surface area contributed by atoms with E-state index < -0.39 is 10.0 Å². The van der Waals surface area contributed by atoms with Gasteiger partial charge in [0.05, 0.1) is 17.4 Å². The Balaban J connectivity index is 2.17. The molecule has 5 nitrogen and oxygen atoms in total. The molecule has 1 atom stereocenters. The van der Waals surface area contributed by atoms with Crippen LogP contribution in [-0.2, 0) is 15.8 Å². The van der Waals surface area contributed by atoms with E-state index in [1.54, 1.807) is 28.6 Å². The molecule has 1 aromatic rings. The minimum absolute atomic E-state index is 0.100. The lowest BCUT2D eigenvalue weighted by Crippen LogP contribution is -2.53. The number of sulfonamides is 1. The van der Waals surface area contributed by atoms with Gasteiger partial charge in [-0.25, -0.2) is 8.42 Å². The van der Waals surface area contributed by atoms with Crippen LogP contribution < -0.4 is 0 Å². The fourth-order valence-electron chi connectivity index (χ4n) is 2.65. The predicted octanol–water partition coefficient (Wildman–Crippen LogP) is 1.41. The second-order valence-corrected chi connectivity index (χ2v) is 7.39. The highest BCUT2D eigenvalue weighted by atomic mass is 32.2. The van der Waals surface area contributed by atoms with Crippen LogP contribution in [0.3, 0.4) is 0 Å². The highest BCUT2D eigenvalue weighted by molar-refractivity contribution is 7.88. The Labute approximate surface area is 126 Å². The van der Waals surface area contributed by atoms with Crippen LogP contribution >= 0.6 is 0 Å². The topological polar surface area (TPSA) is 64.4 Å². The van der Waals surface area contributed by atoms with E-state index in [2.05, 4.69) is 17.9 Å². The summed E-state index contributed by atoms with van der Waals surface area (Å²) in [5.74, 6) is -0.100. The Morgan fingerprint density at radius 3 is 2.71 bits per heavy atom. The molecule has 0 amide bonds. The van der Waals surface area contributed by atoms with Crippen molar-refractivity contribution in [2.75, 3.05) is 26.7 Å². The molecule has 21 heavy (non-hydrogen) atoms. The third-order valence-corrected chi connectivity index (χ3v) is 5.87. The molecule has 1 fully saturated rings. The van der Waals surface area contributed by atoms with E-state index in [-0.39, 0.29) is 11.8 Å². The van der Waals surface area contributed by atoms with E-state index in [0.717, 1.165) is 13.0 Å². The van der Waals surface area contributed by atoms with Crippen LogP contribution in [0, 0.1) is 11.3 Å². The summed E-state index contributed by atoms with van der Waals surface area (Å²) in [6.45, 7) is 3.87. The van der Waals surface area contributed by atoms with Gasteiger partial charge in [0.25, 0.3) is 0 Å². The maximum atomic E-state index is 12.6. The van der Waals surface area contributed by atoms with Crippen molar-refractivity contribution >= 4 is 10.0 Å². The van der Waals surface area contributed by atoms with Gasteiger partial charge in [0.15, 0.2) is 0 Å². The summed E-state index contributed by atoms with van der Waals surface area (Å²) < 4.78 is 26.7. The third kappa shape index (κ3) is 3.62. The largest absolute Gasteiger partial charge is 0.301 e. The minimum atomic E-state index is -3.38. The molecule has 0 saturated carbocycles. The first-order valence-electron chi connectivity index (χ1n) is 7.14. The average Bonchev–Trinajstić information content (AvgIpc) is 2.47. The van der Waals surface area contributed by atoms with E-state index in [1.807, 2.05) is 7.05 Å². The number of benzene rings is 1. The van der Waals surface area contributed by atoms with E-state index in [0.29, 0.717) is 24.2 Å². The average molecular weight is 307 g/mol. The summed E-state index contributed by atoms with van der Waals surface area (Å²) in [5, 5.41) is 9.08. The smallest absolute Gasteiger partial charge is 0.218 e. The van der Waals surface area contributed by atoms with Gasteiger partial charge in [-0.1, -0.05) is 25.1 Å². The monoisotopic (exact) mass is 307 g/mol. The number of piperazine rings is 1. The number of rotatable bonds is 4. The van der Waals surface area contributed by atoms with E-state index >= 15 is 0 Å². The van der Waals surface area contributed by atoms with Crippen LogP contribution in [0.15, 0.2) is 24.3 Å². The van der Waals surface area contributed by atoms with Crippen LogP contribution in [0.25, 0.3) is 0 Å². The Morgan fingerprint density at radius 1 is 1.33 bits per heavy atom. The number of nitriles is 1. The van der Waals surface area contributed by atoms with Gasteiger partial charge in [0, 0.05) is 25.7 Å². The van der Waals surface area contributed by atoms with Crippen molar-refractivity contribution < 1.29 is 8.42 Å². The van der Waals surface area contributed by atoms with Crippen molar-refractivity contribution in [2.45, 2.75) is 25.1 Å². The van der Waals surface area contributed by atoms with E-state index in [9.17, 15) is 8.42 Å². The van der Waals surface area contributed by atoms with Gasteiger partial charge in [-0.2, -0.15) is 9.57 Å². The molecule has 1 aromatic carbocycles. The molecule has 0 aliphatic carbocycles. The van der Waals surface area contributed by atoms with Crippen LogP contribution in [0.1, 0.15) is 24.5 Å². The quantitative estimate of drug-likeness (QED) is 0.844. The molecule has 1 aliphatic heterocycles. The molecule has 0 spiro atoms. The molecule has 0 bridgehead atoms. The predicted molar refractivity (Wildman–Crippen MR) is 82.1 cm³/mol. The van der Waals surface area contributed by atoms with Crippen LogP contribution in [0.4, 0.5) is 0 Å². The molecule has 1 saturated heterocycles. The second kappa shape index (κ2) is 6.56. The zero-order chi connectivity index (χ0) is 15.5. The number of nitrogens with zero attached hydrogens (tertiary/aromatic N) is 3. The van der Waals surface area contributed by atoms with Gasteiger partial charge in [0.1, 0.15) is 0 Å². The molecule has 0 radical (unpaired) electrons. The first-order valence-corrected chi connectivity index (χ1v) is 8.75. The van der Waals surface area contributed by atoms with Gasteiger partial charge in [-0.05, 0) is 25.1 Å². The lowest BCUT2D eigenvalue weighted by molar-refractivity contribution is 0.144. The number of likely N-dealkylation sites (N-methyl/N-ethyl adjacent to an activating group) is 1. The van der Waals surface area contributed by atoms with Gasteiger partial charge < -0.3 is 4.90 Å².